The second-order valence-electron chi connectivity index (χ2n) is 4.25. The highest BCUT2D eigenvalue weighted by atomic mass is 16.2. The van der Waals surface area contributed by atoms with E-state index < -0.39 is 6.04 Å². The molecule has 2 rings (SSSR count). The molecule has 1 saturated heterocycles. The lowest BCUT2D eigenvalue weighted by molar-refractivity contribution is -0.127. The van der Waals surface area contributed by atoms with Crippen LogP contribution in [0.5, 0.6) is 0 Å². The van der Waals surface area contributed by atoms with Crippen molar-refractivity contribution in [2.45, 2.75) is 26.4 Å². The molecule has 0 aromatic carbocycles. The molecule has 3 N–H and O–H groups in total. The molecule has 0 spiro atoms. The number of anilines is 1. The second kappa shape index (κ2) is 4.67. The molecule has 1 aromatic heterocycles. The lowest BCUT2D eigenvalue weighted by atomic mass is 10.2. The van der Waals surface area contributed by atoms with Gasteiger partial charge in [-0.05, 0) is 13.8 Å². The lowest BCUT2D eigenvalue weighted by Crippen LogP contribution is -2.56. The first kappa shape index (κ1) is 12.4. The Bertz CT molecular complexity index is 482. The van der Waals surface area contributed by atoms with Gasteiger partial charge in [-0.25, -0.2) is 0 Å². The molecule has 1 aliphatic rings. The van der Waals surface area contributed by atoms with E-state index in [1.54, 1.807) is 17.8 Å². The Hall–Kier alpha value is -2.05. The number of aryl methyl sites for hydroxylation is 1. The average Bonchev–Trinajstić information content (AvgIpc) is 2.73. The number of piperazine rings is 1. The van der Waals surface area contributed by atoms with Gasteiger partial charge in [-0.15, -0.1) is 0 Å². The first-order chi connectivity index (χ1) is 8.54. The van der Waals surface area contributed by atoms with Gasteiger partial charge in [0.1, 0.15) is 6.04 Å². The second-order valence-corrected chi connectivity index (χ2v) is 4.25. The maximum Gasteiger partial charge on any atom is 0.277 e. The lowest BCUT2D eigenvalue weighted by Gasteiger charge is -2.32. The summed E-state index contributed by atoms with van der Waals surface area (Å²) in [4.78, 5) is 25.3. The number of amides is 2. The average molecular weight is 251 g/mol. The molecule has 1 unspecified atom stereocenters. The summed E-state index contributed by atoms with van der Waals surface area (Å²) in [5.41, 5.74) is 6.34. The monoisotopic (exact) mass is 251 g/mol. The van der Waals surface area contributed by atoms with Crippen molar-refractivity contribution in [3.05, 3.63) is 11.9 Å². The van der Waals surface area contributed by atoms with Crippen LogP contribution in [-0.4, -0.2) is 45.6 Å². The molecule has 0 radical (unpaired) electrons. The summed E-state index contributed by atoms with van der Waals surface area (Å²) in [6.45, 7) is 5.19. The Morgan fingerprint density at radius 3 is 3.00 bits per heavy atom. The Labute approximate surface area is 105 Å². The number of nitrogen functional groups attached to an aromatic ring is 1. The van der Waals surface area contributed by atoms with Crippen molar-refractivity contribution in [2.24, 2.45) is 0 Å². The van der Waals surface area contributed by atoms with Gasteiger partial charge in [0, 0.05) is 25.8 Å². The van der Waals surface area contributed by atoms with Crippen LogP contribution in [0.25, 0.3) is 0 Å². The summed E-state index contributed by atoms with van der Waals surface area (Å²) in [5, 5.41) is 6.84. The third-order valence-electron chi connectivity index (χ3n) is 3.08. The topological polar surface area (TPSA) is 93.2 Å². The number of hydrogen-bond donors (Lipinski definition) is 2. The fraction of sp³-hybridized carbons (Fsp3) is 0.545. The molecule has 2 amide bonds. The van der Waals surface area contributed by atoms with E-state index >= 15 is 0 Å². The van der Waals surface area contributed by atoms with Gasteiger partial charge in [0.05, 0.1) is 5.69 Å². The summed E-state index contributed by atoms with van der Waals surface area (Å²) >= 11 is 0. The van der Waals surface area contributed by atoms with Crippen LogP contribution in [0, 0.1) is 0 Å². The number of carbonyl (C=O) groups excluding carboxylic acids is 2. The molecule has 1 aromatic rings. The molecule has 1 atom stereocenters. The molecule has 7 nitrogen and oxygen atoms in total. The van der Waals surface area contributed by atoms with E-state index in [0.29, 0.717) is 25.3 Å². The maximum atomic E-state index is 12.3. The van der Waals surface area contributed by atoms with Crippen LogP contribution in [0.3, 0.4) is 0 Å². The number of nitrogens with one attached hydrogen (secondary N) is 1. The van der Waals surface area contributed by atoms with Gasteiger partial charge in [-0.1, -0.05) is 0 Å². The zero-order valence-corrected chi connectivity index (χ0v) is 10.5. The summed E-state index contributed by atoms with van der Waals surface area (Å²) < 4.78 is 1.61. The van der Waals surface area contributed by atoms with Crippen molar-refractivity contribution in [1.82, 2.24) is 20.0 Å². The molecule has 1 fully saturated rings. The van der Waals surface area contributed by atoms with Gasteiger partial charge >= 0.3 is 0 Å². The summed E-state index contributed by atoms with van der Waals surface area (Å²) in [6.07, 6.45) is 1.63. The summed E-state index contributed by atoms with van der Waals surface area (Å²) in [6, 6.07) is -0.488. The smallest absolute Gasteiger partial charge is 0.277 e. The fourth-order valence-corrected chi connectivity index (χ4v) is 1.96. The van der Waals surface area contributed by atoms with Gasteiger partial charge in [-0.3, -0.25) is 14.3 Å². The fourth-order valence-electron chi connectivity index (χ4n) is 1.96. The molecular weight excluding hydrogens is 234 g/mol. The van der Waals surface area contributed by atoms with E-state index in [1.165, 1.54) is 4.90 Å². The number of carbonyl (C=O) groups is 2. The maximum absolute atomic E-state index is 12.3. The minimum absolute atomic E-state index is 0.150. The van der Waals surface area contributed by atoms with E-state index in [9.17, 15) is 9.59 Å². The van der Waals surface area contributed by atoms with Gasteiger partial charge in [0.25, 0.3) is 5.91 Å². The van der Waals surface area contributed by atoms with E-state index in [4.69, 9.17) is 5.73 Å². The van der Waals surface area contributed by atoms with Crippen molar-refractivity contribution >= 4 is 17.5 Å². The minimum Gasteiger partial charge on any atom is -0.396 e. The molecule has 1 aliphatic heterocycles. The van der Waals surface area contributed by atoms with Crippen LogP contribution < -0.4 is 11.1 Å². The van der Waals surface area contributed by atoms with E-state index in [0.717, 1.165) is 0 Å². The molecule has 0 aliphatic carbocycles. The van der Waals surface area contributed by atoms with Gasteiger partial charge in [0.15, 0.2) is 5.69 Å². The molecule has 98 valence electrons. The molecule has 0 saturated carbocycles. The highest BCUT2D eigenvalue weighted by Gasteiger charge is 2.32. The van der Waals surface area contributed by atoms with Crippen LogP contribution >= 0.6 is 0 Å². The number of nitrogens with zero attached hydrogens (tertiary/aromatic N) is 3. The predicted molar refractivity (Wildman–Crippen MR) is 65.8 cm³/mol. The van der Waals surface area contributed by atoms with Crippen molar-refractivity contribution in [3.63, 3.8) is 0 Å². The van der Waals surface area contributed by atoms with Crippen LogP contribution in [0.1, 0.15) is 24.3 Å². The first-order valence-electron chi connectivity index (χ1n) is 5.96. The van der Waals surface area contributed by atoms with E-state index in [-0.39, 0.29) is 17.5 Å². The van der Waals surface area contributed by atoms with Crippen LogP contribution in [-0.2, 0) is 11.3 Å². The van der Waals surface area contributed by atoms with Gasteiger partial charge in [0.2, 0.25) is 5.91 Å². The first-order valence-corrected chi connectivity index (χ1v) is 5.96. The Balaban J connectivity index is 2.24. The standard InChI is InChI=1S/C11H17N5O2/c1-3-15-6-8(12)9(14-15)11(18)16-5-4-13-10(17)7(16)2/h6-7H,3-5,12H2,1-2H3,(H,13,17). The van der Waals surface area contributed by atoms with Crippen molar-refractivity contribution in [1.29, 1.82) is 0 Å². The van der Waals surface area contributed by atoms with Crippen molar-refractivity contribution in [2.75, 3.05) is 18.8 Å². The number of aromatic nitrogens is 2. The molecule has 0 bridgehead atoms. The van der Waals surface area contributed by atoms with Crippen LogP contribution in [0.4, 0.5) is 5.69 Å². The van der Waals surface area contributed by atoms with E-state index in [1.807, 2.05) is 6.92 Å². The molecule has 7 heteroatoms. The summed E-state index contributed by atoms with van der Waals surface area (Å²) in [7, 11) is 0. The highest BCUT2D eigenvalue weighted by Crippen LogP contribution is 2.15. The largest absolute Gasteiger partial charge is 0.396 e. The van der Waals surface area contributed by atoms with Crippen molar-refractivity contribution in [3.8, 4) is 0 Å². The number of rotatable bonds is 2. The number of hydrogen-bond acceptors (Lipinski definition) is 4. The van der Waals surface area contributed by atoms with Gasteiger partial charge < -0.3 is 16.0 Å². The van der Waals surface area contributed by atoms with Crippen LogP contribution in [0.2, 0.25) is 0 Å². The van der Waals surface area contributed by atoms with E-state index in [2.05, 4.69) is 10.4 Å². The quantitative estimate of drug-likeness (QED) is 0.737. The van der Waals surface area contributed by atoms with Gasteiger partial charge in [-0.2, -0.15) is 5.10 Å². The number of nitrogens with two attached hydrogens (primary N) is 1. The minimum atomic E-state index is -0.488. The third kappa shape index (κ3) is 2.03. The molecule has 18 heavy (non-hydrogen) atoms. The Morgan fingerprint density at radius 1 is 1.67 bits per heavy atom. The zero-order valence-electron chi connectivity index (χ0n) is 10.5. The zero-order chi connectivity index (χ0) is 13.3. The molecule has 2 heterocycles. The normalized spacial score (nSPS) is 19.8. The Morgan fingerprint density at radius 2 is 2.39 bits per heavy atom. The third-order valence-corrected chi connectivity index (χ3v) is 3.08. The van der Waals surface area contributed by atoms with Crippen LogP contribution in [0.15, 0.2) is 6.20 Å². The Kier molecular flexibility index (Phi) is 3.22. The highest BCUT2D eigenvalue weighted by molar-refractivity contribution is 6.00. The van der Waals surface area contributed by atoms with Crippen molar-refractivity contribution < 1.29 is 9.59 Å². The molecular formula is C11H17N5O2. The summed E-state index contributed by atoms with van der Waals surface area (Å²) in [5.74, 6) is -0.440. The SMILES string of the molecule is CCn1cc(N)c(C(=O)N2CCNC(=O)C2C)n1. The predicted octanol–water partition coefficient (Wildman–Crippen LogP) is -0.554.